The molecule has 1 N–H and O–H groups in total. The summed E-state index contributed by atoms with van der Waals surface area (Å²) in [6.07, 6.45) is 2.48. The molecule has 1 fully saturated rings. The molecular weight excluding hydrogens is 194 g/mol. The van der Waals surface area contributed by atoms with Gasteiger partial charge >= 0.3 is 5.97 Å². The number of carboxylic acids is 1. The van der Waals surface area contributed by atoms with Gasteiger partial charge < -0.3 is 10.0 Å². The van der Waals surface area contributed by atoms with Crippen LogP contribution in [0.3, 0.4) is 0 Å². The molecule has 86 valence electrons. The number of carboxylic acid groups (broad SMARTS) is 1. The first kappa shape index (κ1) is 12.0. The van der Waals surface area contributed by atoms with Gasteiger partial charge in [0.25, 0.3) is 0 Å². The second-order valence-corrected chi connectivity index (χ2v) is 4.05. The summed E-state index contributed by atoms with van der Waals surface area (Å²) in [5.74, 6) is -1.03. The molecular formula is C11H19NO3. The molecule has 0 aromatic carbocycles. The third kappa shape index (κ3) is 2.49. The van der Waals surface area contributed by atoms with Gasteiger partial charge in [0, 0.05) is 19.0 Å². The summed E-state index contributed by atoms with van der Waals surface area (Å²) >= 11 is 0. The van der Waals surface area contributed by atoms with Gasteiger partial charge in [-0.15, -0.1) is 0 Å². The van der Waals surface area contributed by atoms with Crippen LogP contribution in [0.15, 0.2) is 0 Å². The second kappa shape index (κ2) is 5.14. The van der Waals surface area contributed by atoms with Crippen LogP contribution in [0.2, 0.25) is 0 Å². The van der Waals surface area contributed by atoms with Crippen LogP contribution in [0.5, 0.6) is 0 Å². The maximum absolute atomic E-state index is 11.7. The molecule has 0 radical (unpaired) electrons. The predicted molar refractivity (Wildman–Crippen MR) is 56.4 cm³/mol. The number of likely N-dealkylation sites (tertiary alicyclic amines) is 1. The lowest BCUT2D eigenvalue weighted by Crippen LogP contribution is -2.50. The highest BCUT2D eigenvalue weighted by Gasteiger charge is 2.37. The van der Waals surface area contributed by atoms with Gasteiger partial charge in [-0.3, -0.25) is 9.59 Å². The Morgan fingerprint density at radius 2 is 2.20 bits per heavy atom. The third-order valence-corrected chi connectivity index (χ3v) is 3.05. The van der Waals surface area contributed by atoms with Crippen LogP contribution in [-0.4, -0.2) is 34.5 Å². The van der Waals surface area contributed by atoms with Gasteiger partial charge in [0.15, 0.2) is 0 Å². The Kier molecular flexibility index (Phi) is 4.12. The normalized spacial score (nSPS) is 26.8. The Hall–Kier alpha value is -1.06. The minimum Gasteiger partial charge on any atom is -0.481 e. The van der Waals surface area contributed by atoms with E-state index in [0.717, 1.165) is 12.8 Å². The van der Waals surface area contributed by atoms with E-state index in [9.17, 15) is 9.59 Å². The van der Waals surface area contributed by atoms with E-state index in [1.54, 1.807) is 4.90 Å². The largest absolute Gasteiger partial charge is 0.481 e. The highest BCUT2D eigenvalue weighted by atomic mass is 16.4. The summed E-state index contributed by atoms with van der Waals surface area (Å²) in [5, 5.41) is 9.07. The molecule has 0 aliphatic carbocycles. The maximum Gasteiger partial charge on any atom is 0.308 e. The monoisotopic (exact) mass is 213 g/mol. The van der Waals surface area contributed by atoms with Gasteiger partial charge in [0.1, 0.15) is 0 Å². The fraction of sp³-hybridized carbons (Fsp3) is 0.818. The van der Waals surface area contributed by atoms with Crippen molar-refractivity contribution < 1.29 is 14.7 Å². The number of amides is 1. The Morgan fingerprint density at radius 3 is 2.67 bits per heavy atom. The zero-order chi connectivity index (χ0) is 11.4. The Bertz CT molecular complexity index is 252. The van der Waals surface area contributed by atoms with Crippen molar-refractivity contribution >= 4 is 11.9 Å². The van der Waals surface area contributed by atoms with Crippen molar-refractivity contribution in [1.82, 2.24) is 4.90 Å². The Labute approximate surface area is 90.3 Å². The van der Waals surface area contributed by atoms with Gasteiger partial charge in [-0.05, 0) is 19.3 Å². The van der Waals surface area contributed by atoms with Crippen molar-refractivity contribution in [3.8, 4) is 0 Å². The van der Waals surface area contributed by atoms with Crippen LogP contribution >= 0.6 is 0 Å². The van der Waals surface area contributed by atoms with E-state index in [2.05, 4.69) is 0 Å². The third-order valence-electron chi connectivity index (χ3n) is 3.05. The molecule has 1 heterocycles. The van der Waals surface area contributed by atoms with E-state index in [1.165, 1.54) is 0 Å². The van der Waals surface area contributed by atoms with Gasteiger partial charge in [0.2, 0.25) is 5.91 Å². The van der Waals surface area contributed by atoms with Crippen LogP contribution in [-0.2, 0) is 9.59 Å². The van der Waals surface area contributed by atoms with E-state index >= 15 is 0 Å². The summed E-state index contributed by atoms with van der Waals surface area (Å²) in [6.45, 7) is 4.63. The topological polar surface area (TPSA) is 57.6 Å². The first-order valence-electron chi connectivity index (χ1n) is 5.64. The standard InChI is InChI=1S/C11H19NO3/c1-3-7-12-9(4-2)8(11(14)15)5-6-10(12)13/h8-9H,3-7H2,1-2H3,(H,14,15)/t8-,9+/m0/s1. The lowest BCUT2D eigenvalue weighted by Gasteiger charge is -2.39. The van der Waals surface area contributed by atoms with Crippen molar-refractivity contribution in [1.29, 1.82) is 0 Å². The van der Waals surface area contributed by atoms with Gasteiger partial charge in [-0.2, -0.15) is 0 Å². The van der Waals surface area contributed by atoms with Crippen LogP contribution in [0.4, 0.5) is 0 Å². The molecule has 0 aromatic heterocycles. The molecule has 15 heavy (non-hydrogen) atoms. The van der Waals surface area contributed by atoms with Crippen molar-refractivity contribution in [2.45, 2.75) is 45.6 Å². The minimum atomic E-state index is -0.768. The lowest BCUT2D eigenvalue weighted by molar-refractivity contribution is -0.151. The van der Waals surface area contributed by atoms with Crippen LogP contribution < -0.4 is 0 Å². The smallest absolute Gasteiger partial charge is 0.308 e. The molecule has 0 bridgehead atoms. The molecule has 0 spiro atoms. The van der Waals surface area contributed by atoms with Crippen molar-refractivity contribution in [3.63, 3.8) is 0 Å². The predicted octanol–water partition coefficient (Wildman–Crippen LogP) is 1.50. The summed E-state index contributed by atoms with van der Waals surface area (Å²) in [4.78, 5) is 24.4. The van der Waals surface area contributed by atoms with Crippen LogP contribution in [0.1, 0.15) is 39.5 Å². The van der Waals surface area contributed by atoms with E-state index in [-0.39, 0.29) is 17.9 Å². The minimum absolute atomic E-state index is 0.108. The molecule has 1 aliphatic rings. The number of nitrogens with zero attached hydrogens (tertiary/aromatic N) is 1. The van der Waals surface area contributed by atoms with E-state index in [1.807, 2.05) is 13.8 Å². The number of carbonyl (C=O) groups is 2. The fourth-order valence-corrected chi connectivity index (χ4v) is 2.34. The highest BCUT2D eigenvalue weighted by Crippen LogP contribution is 2.27. The SMILES string of the molecule is CCCN1C(=O)CC[C@H](C(=O)O)[C@H]1CC. The molecule has 0 aromatic rings. The molecule has 2 atom stereocenters. The molecule has 4 nitrogen and oxygen atoms in total. The summed E-state index contributed by atoms with van der Waals surface area (Å²) in [7, 11) is 0. The van der Waals surface area contributed by atoms with Gasteiger partial charge in [-0.1, -0.05) is 13.8 Å². The molecule has 1 rings (SSSR count). The van der Waals surface area contributed by atoms with Crippen molar-refractivity contribution in [3.05, 3.63) is 0 Å². The Balaban J connectivity index is 2.80. The number of hydrogen-bond acceptors (Lipinski definition) is 2. The number of hydrogen-bond donors (Lipinski definition) is 1. The number of rotatable bonds is 4. The van der Waals surface area contributed by atoms with E-state index < -0.39 is 5.97 Å². The fourth-order valence-electron chi connectivity index (χ4n) is 2.34. The average Bonchev–Trinajstić information content (AvgIpc) is 2.20. The summed E-state index contributed by atoms with van der Waals surface area (Å²) < 4.78 is 0. The summed E-state index contributed by atoms with van der Waals surface area (Å²) in [5.41, 5.74) is 0. The molecule has 1 saturated heterocycles. The van der Waals surface area contributed by atoms with E-state index in [0.29, 0.717) is 19.4 Å². The molecule has 1 aliphatic heterocycles. The lowest BCUT2D eigenvalue weighted by atomic mass is 9.87. The van der Waals surface area contributed by atoms with Crippen molar-refractivity contribution in [2.24, 2.45) is 5.92 Å². The highest BCUT2D eigenvalue weighted by molar-refractivity contribution is 5.81. The average molecular weight is 213 g/mol. The maximum atomic E-state index is 11.7. The number of carbonyl (C=O) groups excluding carboxylic acids is 1. The van der Waals surface area contributed by atoms with Gasteiger partial charge in [0.05, 0.1) is 5.92 Å². The molecule has 0 saturated carbocycles. The molecule has 0 unspecified atom stereocenters. The van der Waals surface area contributed by atoms with Crippen LogP contribution in [0.25, 0.3) is 0 Å². The van der Waals surface area contributed by atoms with E-state index in [4.69, 9.17) is 5.11 Å². The zero-order valence-electron chi connectivity index (χ0n) is 9.40. The second-order valence-electron chi connectivity index (χ2n) is 4.05. The summed E-state index contributed by atoms with van der Waals surface area (Å²) in [6, 6.07) is -0.108. The number of piperidine rings is 1. The first-order chi connectivity index (χ1) is 7.11. The number of aliphatic carboxylic acids is 1. The quantitative estimate of drug-likeness (QED) is 0.769. The Morgan fingerprint density at radius 1 is 1.53 bits per heavy atom. The van der Waals surface area contributed by atoms with Crippen LogP contribution in [0, 0.1) is 5.92 Å². The molecule has 4 heteroatoms. The zero-order valence-corrected chi connectivity index (χ0v) is 9.40. The molecule has 1 amide bonds. The van der Waals surface area contributed by atoms with Gasteiger partial charge in [-0.25, -0.2) is 0 Å². The van der Waals surface area contributed by atoms with Crippen molar-refractivity contribution in [2.75, 3.05) is 6.54 Å². The first-order valence-corrected chi connectivity index (χ1v) is 5.64.